The zero-order valence-electron chi connectivity index (χ0n) is 4.81. The van der Waals surface area contributed by atoms with E-state index >= 15 is 0 Å². The largest absolute Gasteiger partial charge is 0.285 e. The molecule has 1 N–H and O–H groups in total. The number of hydrogen-bond donors (Lipinski definition) is 2. The van der Waals surface area contributed by atoms with Crippen molar-refractivity contribution < 1.29 is 13.0 Å². The molecule has 0 fully saturated rings. The van der Waals surface area contributed by atoms with Crippen LogP contribution in [-0.4, -0.2) is 17.6 Å². The summed E-state index contributed by atoms with van der Waals surface area (Å²) in [6.45, 7) is 1.67. The van der Waals surface area contributed by atoms with Gasteiger partial charge in [0.2, 0.25) is 0 Å². The quantitative estimate of drug-likeness (QED) is 0.397. The molecule has 3 nitrogen and oxygen atoms in total. The van der Waals surface area contributed by atoms with Gasteiger partial charge in [-0.2, -0.15) is 8.42 Å². The molecule has 1 unspecified atom stereocenters. The maximum absolute atomic E-state index is 10.3. The predicted molar refractivity (Wildman–Crippen MR) is 42.2 cm³/mol. The molecule has 0 aliphatic carbocycles. The monoisotopic (exact) mass is 188 g/mol. The molecule has 0 radical (unpaired) electrons. The molecule has 6 heteroatoms. The summed E-state index contributed by atoms with van der Waals surface area (Å²) in [6.07, 6.45) is 0.368. The summed E-state index contributed by atoms with van der Waals surface area (Å²) in [5.41, 5.74) is 0. The van der Waals surface area contributed by atoms with Crippen molar-refractivity contribution in [2.45, 2.75) is 17.9 Å². The maximum Gasteiger partial charge on any atom is 0.278 e. The highest BCUT2D eigenvalue weighted by Gasteiger charge is 2.19. The second-order valence-corrected chi connectivity index (χ2v) is 4.77. The lowest BCUT2D eigenvalue weighted by molar-refractivity contribution is 0.479. The van der Waals surface area contributed by atoms with Crippen LogP contribution < -0.4 is 0 Å². The first-order valence-electron chi connectivity index (χ1n) is 2.29. The molecule has 0 aliphatic heterocycles. The molecule has 0 spiro atoms. The van der Waals surface area contributed by atoms with Gasteiger partial charge in [0.05, 0.1) is 0 Å². The van der Waals surface area contributed by atoms with Gasteiger partial charge in [0.25, 0.3) is 10.1 Å². The summed E-state index contributed by atoms with van der Waals surface area (Å²) in [7, 11) is -3.05. The smallest absolute Gasteiger partial charge is 0.278 e. The topological polar surface area (TPSA) is 54.4 Å². The Morgan fingerprint density at radius 3 is 2.22 bits per heavy atom. The van der Waals surface area contributed by atoms with Crippen LogP contribution >= 0.6 is 22.5 Å². The lowest BCUT2D eigenvalue weighted by Crippen LogP contribution is -2.13. The van der Waals surface area contributed by atoms with E-state index < -0.39 is 14.7 Å². The Morgan fingerprint density at radius 2 is 2.22 bits per heavy atom. The molecule has 0 aliphatic rings. The Bertz CT molecular complexity index is 157. The normalized spacial score (nSPS) is 15.4. The summed E-state index contributed by atoms with van der Waals surface area (Å²) >= 11 is 3.67. The van der Waals surface area contributed by atoms with Crippen molar-refractivity contribution in [3.63, 3.8) is 0 Å². The van der Waals surface area contributed by atoms with E-state index in [0.717, 1.165) is 10.8 Å². The van der Waals surface area contributed by atoms with Crippen LogP contribution in [0.4, 0.5) is 0 Å². The van der Waals surface area contributed by atoms with Crippen molar-refractivity contribution in [1.29, 1.82) is 0 Å². The van der Waals surface area contributed by atoms with Gasteiger partial charge in [-0.25, -0.2) is 0 Å². The highest BCUT2D eigenvalue weighted by Crippen LogP contribution is 2.22. The number of hydrogen-bond acceptors (Lipinski definition) is 4. The molecular formula is C3H8O3S3. The van der Waals surface area contributed by atoms with Crippen molar-refractivity contribution in [2.24, 2.45) is 0 Å². The van der Waals surface area contributed by atoms with Gasteiger partial charge in [-0.1, -0.05) is 17.7 Å². The summed E-state index contributed by atoms with van der Waals surface area (Å²) in [4.78, 5) is 0. The van der Waals surface area contributed by atoms with Crippen LogP contribution in [0.15, 0.2) is 0 Å². The van der Waals surface area contributed by atoms with E-state index in [2.05, 4.69) is 11.7 Å². The lowest BCUT2D eigenvalue weighted by atomic mass is 10.6. The fraction of sp³-hybridized carbons (Fsp3) is 1.00. The van der Waals surface area contributed by atoms with E-state index in [9.17, 15) is 8.42 Å². The van der Waals surface area contributed by atoms with Crippen LogP contribution in [0.2, 0.25) is 0 Å². The number of thiol groups is 1. The minimum absolute atomic E-state index is 0.368. The van der Waals surface area contributed by atoms with Crippen molar-refractivity contribution in [3.05, 3.63) is 0 Å². The molecule has 9 heavy (non-hydrogen) atoms. The second-order valence-electron chi connectivity index (χ2n) is 1.46. The third-order valence-electron chi connectivity index (χ3n) is 0.783. The van der Waals surface area contributed by atoms with Gasteiger partial charge in [-0.05, 0) is 6.42 Å². The van der Waals surface area contributed by atoms with Crippen LogP contribution in [0.5, 0.6) is 0 Å². The molecule has 0 rings (SSSR count). The SMILES string of the molecule is CCC(SS)S(=O)(=O)O. The Balaban J connectivity index is 4.14. The zero-order chi connectivity index (χ0) is 7.49. The molecule has 0 heterocycles. The Morgan fingerprint density at radius 1 is 1.78 bits per heavy atom. The van der Waals surface area contributed by atoms with E-state index in [-0.39, 0.29) is 0 Å². The molecule has 0 amide bonds. The van der Waals surface area contributed by atoms with E-state index in [4.69, 9.17) is 4.55 Å². The van der Waals surface area contributed by atoms with E-state index in [1.165, 1.54) is 0 Å². The standard InChI is InChI=1S/C3H8O3S3/c1-2-3(8-7)9(4,5)6/h3,7H,2H2,1H3,(H,4,5,6). The minimum Gasteiger partial charge on any atom is -0.285 e. The molecule has 0 saturated heterocycles. The van der Waals surface area contributed by atoms with E-state index in [1.54, 1.807) is 6.92 Å². The fourth-order valence-corrected chi connectivity index (χ4v) is 2.77. The van der Waals surface area contributed by atoms with Gasteiger partial charge in [0.15, 0.2) is 0 Å². The maximum atomic E-state index is 10.3. The van der Waals surface area contributed by atoms with Gasteiger partial charge in [0, 0.05) is 0 Å². The molecule has 0 aromatic rings. The Labute approximate surface area is 63.8 Å². The zero-order valence-corrected chi connectivity index (χ0v) is 7.34. The average molecular weight is 188 g/mol. The van der Waals surface area contributed by atoms with Gasteiger partial charge in [-0.3, -0.25) is 4.55 Å². The second kappa shape index (κ2) is 3.70. The Hall–Kier alpha value is 0.610. The molecule has 56 valence electrons. The van der Waals surface area contributed by atoms with Crippen molar-refractivity contribution >= 4 is 32.6 Å². The average Bonchev–Trinajstić information content (AvgIpc) is 1.65. The Kier molecular flexibility index (Phi) is 3.95. The van der Waals surface area contributed by atoms with Gasteiger partial charge in [-0.15, -0.1) is 11.7 Å². The third kappa shape index (κ3) is 3.34. The van der Waals surface area contributed by atoms with Crippen molar-refractivity contribution in [1.82, 2.24) is 0 Å². The molecule has 0 saturated carbocycles. The minimum atomic E-state index is -3.88. The summed E-state index contributed by atoms with van der Waals surface area (Å²) in [6, 6.07) is 0. The van der Waals surface area contributed by atoms with Gasteiger partial charge < -0.3 is 0 Å². The molecule has 0 aromatic carbocycles. The third-order valence-corrected chi connectivity index (χ3v) is 4.56. The summed E-state index contributed by atoms with van der Waals surface area (Å²) < 4.78 is 28.1. The van der Waals surface area contributed by atoms with Gasteiger partial charge in [0.1, 0.15) is 4.58 Å². The first-order valence-corrected chi connectivity index (χ1v) is 5.72. The molecular weight excluding hydrogens is 180 g/mol. The highest BCUT2D eigenvalue weighted by atomic mass is 33.1. The van der Waals surface area contributed by atoms with Crippen LogP contribution in [0.25, 0.3) is 0 Å². The number of rotatable bonds is 3. The van der Waals surface area contributed by atoms with E-state index in [1.807, 2.05) is 0 Å². The predicted octanol–water partition coefficient (Wildman–Crippen LogP) is 1.19. The van der Waals surface area contributed by atoms with Crippen LogP contribution in [0.1, 0.15) is 13.3 Å². The first kappa shape index (κ1) is 9.61. The van der Waals surface area contributed by atoms with Crippen molar-refractivity contribution in [2.75, 3.05) is 0 Å². The fourth-order valence-electron chi connectivity index (χ4n) is 0.340. The van der Waals surface area contributed by atoms with Crippen LogP contribution in [0, 0.1) is 0 Å². The van der Waals surface area contributed by atoms with Crippen LogP contribution in [0.3, 0.4) is 0 Å². The summed E-state index contributed by atoms with van der Waals surface area (Å²) in [5, 5.41) is 0. The molecule has 1 atom stereocenters. The van der Waals surface area contributed by atoms with E-state index in [0.29, 0.717) is 6.42 Å². The highest BCUT2D eigenvalue weighted by molar-refractivity contribution is 8.70. The first-order chi connectivity index (χ1) is 4.02. The molecule has 0 bridgehead atoms. The molecule has 0 aromatic heterocycles. The lowest BCUT2D eigenvalue weighted by Gasteiger charge is -2.04. The van der Waals surface area contributed by atoms with Crippen molar-refractivity contribution in [3.8, 4) is 0 Å². The van der Waals surface area contributed by atoms with Crippen LogP contribution in [-0.2, 0) is 10.1 Å². The summed E-state index contributed by atoms with van der Waals surface area (Å²) in [5.74, 6) is 0. The van der Waals surface area contributed by atoms with Gasteiger partial charge >= 0.3 is 0 Å².